The minimum atomic E-state index is 0.650. The summed E-state index contributed by atoms with van der Waals surface area (Å²) < 4.78 is 0. The summed E-state index contributed by atoms with van der Waals surface area (Å²) in [4.78, 5) is 0. The lowest BCUT2D eigenvalue weighted by Gasteiger charge is -2.61. The average Bonchev–Trinajstić information content (AvgIpc) is 3.05. The number of rotatable bonds is 7. The molecule has 4 fully saturated rings. The summed E-state index contributed by atoms with van der Waals surface area (Å²) in [6.07, 6.45) is 18.0. The SMILES string of the molecule is CCNC1CCC2(C)C(CCC3C2CCC2(C)C(C(C)CCCC(C)C)CCC32)C1. The lowest BCUT2D eigenvalue weighted by molar-refractivity contribution is -0.117. The fourth-order valence-corrected chi connectivity index (χ4v) is 9.76. The maximum atomic E-state index is 3.79. The van der Waals surface area contributed by atoms with Gasteiger partial charge in [-0.3, -0.25) is 0 Å². The quantitative estimate of drug-likeness (QED) is 0.443. The summed E-state index contributed by atoms with van der Waals surface area (Å²) in [5.74, 6) is 6.94. The van der Waals surface area contributed by atoms with E-state index in [0.717, 1.165) is 54.0 Å². The van der Waals surface area contributed by atoms with E-state index in [2.05, 4.69) is 46.9 Å². The van der Waals surface area contributed by atoms with Crippen molar-refractivity contribution in [2.45, 2.75) is 125 Å². The molecule has 0 saturated heterocycles. The van der Waals surface area contributed by atoms with Crippen LogP contribution in [-0.4, -0.2) is 12.6 Å². The van der Waals surface area contributed by atoms with Crippen molar-refractivity contribution >= 4 is 0 Å². The molecule has 4 saturated carbocycles. The van der Waals surface area contributed by atoms with E-state index in [1.807, 2.05) is 0 Å². The predicted molar refractivity (Wildman–Crippen MR) is 131 cm³/mol. The predicted octanol–water partition coefficient (Wildman–Crippen LogP) is 8.09. The number of nitrogens with one attached hydrogen (secondary N) is 1. The Balaban J connectivity index is 1.43. The second-order valence-corrected chi connectivity index (χ2v) is 13.2. The molecule has 4 aliphatic rings. The van der Waals surface area contributed by atoms with E-state index in [1.54, 1.807) is 19.3 Å². The van der Waals surface area contributed by atoms with Crippen molar-refractivity contribution in [3.8, 4) is 0 Å². The monoisotopic (exact) mass is 415 g/mol. The van der Waals surface area contributed by atoms with E-state index in [0.29, 0.717) is 10.8 Å². The van der Waals surface area contributed by atoms with Crippen molar-refractivity contribution in [1.29, 1.82) is 0 Å². The van der Waals surface area contributed by atoms with Gasteiger partial charge in [-0.25, -0.2) is 0 Å². The Morgan fingerprint density at radius 3 is 2.30 bits per heavy atom. The molecule has 0 radical (unpaired) electrons. The van der Waals surface area contributed by atoms with E-state index < -0.39 is 0 Å². The molecule has 0 heterocycles. The second kappa shape index (κ2) is 9.07. The minimum absolute atomic E-state index is 0.650. The highest BCUT2D eigenvalue weighted by atomic mass is 14.9. The van der Waals surface area contributed by atoms with Crippen LogP contribution >= 0.6 is 0 Å². The first-order valence-corrected chi connectivity index (χ1v) is 14.0. The van der Waals surface area contributed by atoms with Crippen LogP contribution in [-0.2, 0) is 0 Å². The zero-order valence-electron chi connectivity index (χ0n) is 21.3. The lowest BCUT2D eigenvalue weighted by atomic mass is 9.44. The molecular formula is C29H53N. The Hall–Kier alpha value is -0.0400. The molecular weight excluding hydrogens is 362 g/mol. The van der Waals surface area contributed by atoms with Gasteiger partial charge in [0.2, 0.25) is 0 Å². The standard InChI is InChI=1S/C29H53N/c1-7-30-23-15-17-28(5)22(19-23)11-12-24-26-14-13-25(21(4)10-8-9-20(2)3)29(26,6)18-16-27(24)28/h20-27,30H,7-19H2,1-6H3. The minimum Gasteiger partial charge on any atom is -0.314 e. The molecule has 4 aliphatic carbocycles. The molecule has 0 aromatic heterocycles. The zero-order chi connectivity index (χ0) is 21.5. The van der Waals surface area contributed by atoms with Crippen LogP contribution in [0.25, 0.3) is 0 Å². The fraction of sp³-hybridized carbons (Fsp3) is 1.00. The third kappa shape index (κ3) is 4.04. The van der Waals surface area contributed by atoms with Gasteiger partial charge in [-0.15, -0.1) is 0 Å². The van der Waals surface area contributed by atoms with Gasteiger partial charge in [0.25, 0.3) is 0 Å². The Morgan fingerprint density at radius 1 is 0.833 bits per heavy atom. The first-order chi connectivity index (χ1) is 14.3. The summed E-state index contributed by atoms with van der Waals surface area (Å²) in [5, 5.41) is 3.79. The van der Waals surface area contributed by atoms with Crippen LogP contribution < -0.4 is 5.32 Å². The first-order valence-electron chi connectivity index (χ1n) is 14.0. The fourth-order valence-electron chi connectivity index (χ4n) is 9.76. The maximum absolute atomic E-state index is 3.79. The summed E-state index contributed by atoms with van der Waals surface area (Å²) in [6, 6.07) is 0.807. The van der Waals surface area contributed by atoms with Gasteiger partial charge in [0.05, 0.1) is 0 Å². The summed E-state index contributed by atoms with van der Waals surface area (Å²) in [6.45, 7) is 16.3. The number of hydrogen-bond donors (Lipinski definition) is 1. The molecule has 0 aromatic carbocycles. The molecule has 30 heavy (non-hydrogen) atoms. The van der Waals surface area contributed by atoms with Crippen LogP contribution in [0.2, 0.25) is 0 Å². The molecule has 174 valence electrons. The van der Waals surface area contributed by atoms with Gasteiger partial charge in [0.1, 0.15) is 0 Å². The molecule has 1 N–H and O–H groups in total. The van der Waals surface area contributed by atoms with Gasteiger partial charge in [-0.2, -0.15) is 0 Å². The van der Waals surface area contributed by atoms with Crippen LogP contribution in [0, 0.1) is 52.3 Å². The van der Waals surface area contributed by atoms with Gasteiger partial charge in [-0.05, 0) is 117 Å². The van der Waals surface area contributed by atoms with Crippen molar-refractivity contribution in [1.82, 2.24) is 5.32 Å². The summed E-state index contributed by atoms with van der Waals surface area (Å²) in [5.41, 5.74) is 1.31. The van der Waals surface area contributed by atoms with Crippen molar-refractivity contribution in [2.75, 3.05) is 6.54 Å². The Bertz CT molecular complexity index is 569. The van der Waals surface area contributed by atoms with E-state index in [1.165, 1.54) is 57.8 Å². The molecule has 4 rings (SSSR count). The number of hydrogen-bond acceptors (Lipinski definition) is 1. The van der Waals surface area contributed by atoms with Crippen molar-refractivity contribution in [3.63, 3.8) is 0 Å². The summed E-state index contributed by atoms with van der Waals surface area (Å²) in [7, 11) is 0. The Labute approximate surface area is 188 Å². The molecule has 0 aromatic rings. The Kier molecular flexibility index (Phi) is 6.99. The van der Waals surface area contributed by atoms with Gasteiger partial charge >= 0.3 is 0 Å². The van der Waals surface area contributed by atoms with E-state index >= 15 is 0 Å². The van der Waals surface area contributed by atoms with Gasteiger partial charge in [0.15, 0.2) is 0 Å². The van der Waals surface area contributed by atoms with Crippen molar-refractivity contribution in [3.05, 3.63) is 0 Å². The maximum Gasteiger partial charge on any atom is 0.00699 e. The van der Waals surface area contributed by atoms with Crippen LogP contribution in [0.15, 0.2) is 0 Å². The number of fused-ring (bicyclic) bond motifs is 5. The second-order valence-electron chi connectivity index (χ2n) is 13.2. The van der Waals surface area contributed by atoms with Crippen molar-refractivity contribution < 1.29 is 0 Å². The largest absolute Gasteiger partial charge is 0.314 e. The molecule has 0 bridgehead atoms. The highest BCUT2D eigenvalue weighted by Crippen LogP contribution is 2.68. The molecule has 9 atom stereocenters. The molecule has 1 heteroatoms. The van der Waals surface area contributed by atoms with Crippen LogP contribution in [0.4, 0.5) is 0 Å². The third-order valence-electron chi connectivity index (χ3n) is 11.4. The van der Waals surface area contributed by atoms with Crippen molar-refractivity contribution in [2.24, 2.45) is 52.3 Å². The molecule has 0 amide bonds. The highest BCUT2D eigenvalue weighted by Gasteiger charge is 2.60. The average molecular weight is 416 g/mol. The van der Waals surface area contributed by atoms with Crippen LogP contribution in [0.5, 0.6) is 0 Å². The van der Waals surface area contributed by atoms with Gasteiger partial charge in [-0.1, -0.05) is 60.8 Å². The van der Waals surface area contributed by atoms with E-state index in [-0.39, 0.29) is 0 Å². The van der Waals surface area contributed by atoms with Crippen LogP contribution in [0.3, 0.4) is 0 Å². The van der Waals surface area contributed by atoms with Gasteiger partial charge < -0.3 is 5.32 Å². The van der Waals surface area contributed by atoms with E-state index in [9.17, 15) is 0 Å². The lowest BCUT2D eigenvalue weighted by Crippen LogP contribution is -2.55. The Morgan fingerprint density at radius 2 is 1.57 bits per heavy atom. The van der Waals surface area contributed by atoms with E-state index in [4.69, 9.17) is 0 Å². The third-order valence-corrected chi connectivity index (χ3v) is 11.4. The topological polar surface area (TPSA) is 12.0 Å². The smallest absolute Gasteiger partial charge is 0.00699 e. The zero-order valence-corrected chi connectivity index (χ0v) is 21.3. The highest BCUT2D eigenvalue weighted by molar-refractivity contribution is 5.10. The van der Waals surface area contributed by atoms with Gasteiger partial charge in [0, 0.05) is 6.04 Å². The molecule has 0 aliphatic heterocycles. The summed E-state index contributed by atoms with van der Waals surface area (Å²) >= 11 is 0. The first kappa shape index (κ1) is 23.1. The van der Waals surface area contributed by atoms with Crippen LogP contribution in [0.1, 0.15) is 119 Å². The molecule has 1 nitrogen and oxygen atoms in total. The molecule has 9 unspecified atom stereocenters. The normalized spacial score (nSPS) is 46.9. The molecule has 0 spiro atoms.